The standard InChI is InChI=1S/C10H14F3N3O2/c1-17-8(6-2-3-6)9-15-7(18-16-9)4-14-5-10(11,12)13/h6,8,14H,2-5H2,1H3. The molecule has 1 aromatic heterocycles. The SMILES string of the molecule is COC(c1noc(CNCC(F)(F)F)n1)C1CC1. The monoisotopic (exact) mass is 265 g/mol. The molecule has 102 valence electrons. The summed E-state index contributed by atoms with van der Waals surface area (Å²) in [7, 11) is 1.56. The van der Waals surface area contributed by atoms with E-state index < -0.39 is 12.7 Å². The lowest BCUT2D eigenvalue weighted by atomic mass is 10.2. The molecular formula is C10H14F3N3O2. The van der Waals surface area contributed by atoms with Crippen LogP contribution in [0.4, 0.5) is 13.2 Å². The summed E-state index contributed by atoms with van der Waals surface area (Å²) < 4.78 is 45.9. The van der Waals surface area contributed by atoms with E-state index in [-0.39, 0.29) is 18.5 Å². The second-order valence-electron chi connectivity index (χ2n) is 4.26. The first-order chi connectivity index (χ1) is 8.49. The van der Waals surface area contributed by atoms with E-state index in [0.29, 0.717) is 11.7 Å². The third-order valence-electron chi connectivity index (χ3n) is 2.64. The Kier molecular flexibility index (Phi) is 3.86. The smallest absolute Gasteiger partial charge is 0.373 e. The lowest BCUT2D eigenvalue weighted by Crippen LogP contribution is -2.28. The molecule has 1 fully saturated rings. The molecule has 2 rings (SSSR count). The fourth-order valence-corrected chi connectivity index (χ4v) is 1.67. The summed E-state index contributed by atoms with van der Waals surface area (Å²) in [6.07, 6.45) is -2.36. The quantitative estimate of drug-likeness (QED) is 0.850. The van der Waals surface area contributed by atoms with Gasteiger partial charge in [-0.25, -0.2) is 0 Å². The minimum atomic E-state index is -4.24. The highest BCUT2D eigenvalue weighted by atomic mass is 19.4. The summed E-state index contributed by atoms with van der Waals surface area (Å²) in [5.41, 5.74) is 0. The molecule has 1 unspecified atom stereocenters. The first-order valence-corrected chi connectivity index (χ1v) is 5.62. The Bertz CT molecular complexity index is 390. The number of alkyl halides is 3. The molecule has 0 aromatic carbocycles. The molecule has 5 nitrogen and oxygen atoms in total. The van der Waals surface area contributed by atoms with Crippen LogP contribution in [0, 0.1) is 5.92 Å². The van der Waals surface area contributed by atoms with Crippen LogP contribution in [-0.4, -0.2) is 30.0 Å². The predicted octanol–water partition coefficient (Wildman–Crippen LogP) is 1.82. The molecule has 0 aliphatic heterocycles. The third-order valence-corrected chi connectivity index (χ3v) is 2.64. The highest BCUT2D eigenvalue weighted by molar-refractivity contribution is 4.98. The zero-order valence-corrected chi connectivity index (χ0v) is 9.83. The topological polar surface area (TPSA) is 60.2 Å². The van der Waals surface area contributed by atoms with Gasteiger partial charge in [0.15, 0.2) is 0 Å². The second-order valence-corrected chi connectivity index (χ2v) is 4.26. The van der Waals surface area contributed by atoms with Crippen LogP contribution in [0.5, 0.6) is 0 Å². The molecule has 8 heteroatoms. The number of methoxy groups -OCH3 is 1. The molecule has 1 N–H and O–H groups in total. The molecule has 1 aliphatic carbocycles. The van der Waals surface area contributed by atoms with Crippen LogP contribution in [0.2, 0.25) is 0 Å². The summed E-state index contributed by atoms with van der Waals surface area (Å²) in [5, 5.41) is 5.93. The first kappa shape index (κ1) is 13.3. The Balaban J connectivity index is 1.85. The normalized spacial score (nSPS) is 18.0. The summed E-state index contributed by atoms with van der Waals surface area (Å²) in [5.74, 6) is 0.935. The molecule has 0 spiro atoms. The van der Waals surface area contributed by atoms with Gasteiger partial charge in [-0.3, -0.25) is 0 Å². The van der Waals surface area contributed by atoms with Crippen LogP contribution in [0.15, 0.2) is 4.52 Å². The number of halogens is 3. The van der Waals surface area contributed by atoms with E-state index in [1.54, 1.807) is 7.11 Å². The van der Waals surface area contributed by atoms with E-state index in [9.17, 15) is 13.2 Å². The van der Waals surface area contributed by atoms with Crippen molar-refractivity contribution in [1.29, 1.82) is 0 Å². The van der Waals surface area contributed by atoms with Gasteiger partial charge in [0.1, 0.15) is 6.10 Å². The molecule has 1 saturated carbocycles. The minimum Gasteiger partial charge on any atom is -0.373 e. The van der Waals surface area contributed by atoms with Gasteiger partial charge in [0.2, 0.25) is 11.7 Å². The van der Waals surface area contributed by atoms with Crippen LogP contribution in [0.1, 0.15) is 30.7 Å². The predicted molar refractivity (Wildman–Crippen MR) is 54.5 cm³/mol. The number of nitrogens with one attached hydrogen (secondary N) is 1. The van der Waals surface area contributed by atoms with Crippen LogP contribution in [0.3, 0.4) is 0 Å². The first-order valence-electron chi connectivity index (χ1n) is 5.62. The molecule has 1 atom stereocenters. The fraction of sp³-hybridized carbons (Fsp3) is 0.800. The number of hydrogen-bond acceptors (Lipinski definition) is 5. The maximum absolute atomic E-state index is 11.9. The van der Waals surface area contributed by atoms with E-state index in [1.165, 1.54) is 0 Å². The van der Waals surface area contributed by atoms with Crippen molar-refractivity contribution in [3.8, 4) is 0 Å². The molecule has 0 saturated heterocycles. The Morgan fingerprint density at radius 1 is 1.50 bits per heavy atom. The lowest BCUT2D eigenvalue weighted by Gasteiger charge is -2.08. The number of nitrogens with zero attached hydrogens (tertiary/aromatic N) is 2. The van der Waals surface area contributed by atoms with Crippen molar-refractivity contribution in [2.24, 2.45) is 5.92 Å². The zero-order chi connectivity index (χ0) is 13.2. The highest BCUT2D eigenvalue weighted by Gasteiger charge is 2.35. The number of aromatic nitrogens is 2. The molecule has 1 aliphatic rings. The van der Waals surface area contributed by atoms with Crippen LogP contribution >= 0.6 is 0 Å². The molecule has 0 amide bonds. The van der Waals surface area contributed by atoms with E-state index in [2.05, 4.69) is 15.5 Å². The molecule has 1 aromatic rings. The summed E-state index contributed by atoms with van der Waals surface area (Å²) in [6.45, 7) is -1.19. The largest absolute Gasteiger partial charge is 0.401 e. The van der Waals surface area contributed by atoms with Crippen LogP contribution in [0.25, 0.3) is 0 Å². The van der Waals surface area contributed by atoms with Gasteiger partial charge < -0.3 is 14.6 Å². The summed E-state index contributed by atoms with van der Waals surface area (Å²) in [4.78, 5) is 4.03. The number of ether oxygens (including phenoxy) is 1. The van der Waals surface area contributed by atoms with Crippen molar-refractivity contribution in [3.63, 3.8) is 0 Å². The van der Waals surface area contributed by atoms with Gasteiger partial charge in [0, 0.05) is 7.11 Å². The van der Waals surface area contributed by atoms with Crippen molar-refractivity contribution in [3.05, 3.63) is 11.7 Å². The van der Waals surface area contributed by atoms with Crippen molar-refractivity contribution in [2.45, 2.75) is 31.7 Å². The third kappa shape index (κ3) is 3.67. The van der Waals surface area contributed by atoms with Gasteiger partial charge in [-0.2, -0.15) is 18.2 Å². The molecular weight excluding hydrogens is 251 g/mol. The zero-order valence-electron chi connectivity index (χ0n) is 9.83. The van der Waals surface area contributed by atoms with Crippen molar-refractivity contribution >= 4 is 0 Å². The van der Waals surface area contributed by atoms with Gasteiger partial charge in [-0.15, -0.1) is 0 Å². The van der Waals surface area contributed by atoms with Gasteiger partial charge in [-0.1, -0.05) is 5.16 Å². The van der Waals surface area contributed by atoms with E-state index >= 15 is 0 Å². The Hall–Kier alpha value is -1.15. The van der Waals surface area contributed by atoms with E-state index in [0.717, 1.165) is 12.8 Å². The van der Waals surface area contributed by atoms with Gasteiger partial charge in [-0.05, 0) is 18.8 Å². The van der Waals surface area contributed by atoms with Gasteiger partial charge >= 0.3 is 6.18 Å². The van der Waals surface area contributed by atoms with Crippen molar-refractivity contribution in [1.82, 2.24) is 15.5 Å². The average molecular weight is 265 g/mol. The highest BCUT2D eigenvalue weighted by Crippen LogP contribution is 2.41. The minimum absolute atomic E-state index is 0.104. The van der Waals surface area contributed by atoms with E-state index in [4.69, 9.17) is 9.26 Å². The number of hydrogen-bond donors (Lipinski definition) is 1. The maximum atomic E-state index is 11.9. The van der Waals surface area contributed by atoms with Crippen LogP contribution in [-0.2, 0) is 11.3 Å². The molecule has 1 heterocycles. The molecule has 0 radical (unpaired) electrons. The van der Waals surface area contributed by atoms with Crippen molar-refractivity contribution in [2.75, 3.05) is 13.7 Å². The molecule has 18 heavy (non-hydrogen) atoms. The van der Waals surface area contributed by atoms with Crippen molar-refractivity contribution < 1.29 is 22.4 Å². The Morgan fingerprint density at radius 3 is 2.78 bits per heavy atom. The van der Waals surface area contributed by atoms with E-state index in [1.807, 2.05) is 0 Å². The summed E-state index contributed by atoms with van der Waals surface area (Å²) >= 11 is 0. The maximum Gasteiger partial charge on any atom is 0.401 e. The average Bonchev–Trinajstić information content (AvgIpc) is 2.99. The van der Waals surface area contributed by atoms with Gasteiger partial charge in [0.25, 0.3) is 0 Å². The second kappa shape index (κ2) is 5.23. The van der Waals surface area contributed by atoms with Crippen LogP contribution < -0.4 is 5.32 Å². The Labute approximate surface area is 102 Å². The molecule has 0 bridgehead atoms. The number of rotatable bonds is 6. The summed E-state index contributed by atoms with van der Waals surface area (Å²) in [6, 6.07) is 0. The lowest BCUT2D eigenvalue weighted by molar-refractivity contribution is -0.125. The van der Waals surface area contributed by atoms with Gasteiger partial charge in [0.05, 0.1) is 13.1 Å². The fourth-order valence-electron chi connectivity index (χ4n) is 1.67. The Morgan fingerprint density at radius 2 is 2.22 bits per heavy atom.